The zero-order valence-corrected chi connectivity index (χ0v) is 23.4. The highest BCUT2D eigenvalue weighted by atomic mass is 16.3. The number of benzene rings is 8. The molecule has 0 aliphatic rings. The molecule has 8 aromatic carbocycles. The first-order valence-electron chi connectivity index (χ1n) is 21.7. The van der Waals surface area contributed by atoms with Gasteiger partial charge in [-0.1, -0.05) is 151 Å². The van der Waals surface area contributed by atoms with Crippen LogP contribution >= 0.6 is 0 Å². The number of rotatable bonds is 4. The average molecular weight is 588 g/mol. The molecule has 0 bridgehead atoms. The lowest BCUT2D eigenvalue weighted by atomic mass is 9.83. The van der Waals surface area contributed by atoms with E-state index in [2.05, 4.69) is 0 Å². The Bertz CT molecular complexity index is 3290. The van der Waals surface area contributed by atoms with Crippen LogP contribution in [-0.4, -0.2) is 0 Å². The molecular weight excluding hydrogens is 544 g/mol. The Balaban J connectivity index is 1.52. The normalized spacial score (nSPS) is 16.2. The van der Waals surface area contributed by atoms with Gasteiger partial charge in [0.2, 0.25) is 0 Å². The fraction of sp³-hybridized carbons (Fsp3) is 0. The van der Waals surface area contributed by atoms with Crippen LogP contribution in [0.1, 0.15) is 20.6 Å². The van der Waals surface area contributed by atoms with E-state index >= 15 is 0 Å². The van der Waals surface area contributed by atoms with E-state index in [1.807, 2.05) is 0 Å². The van der Waals surface area contributed by atoms with E-state index in [0.717, 1.165) is 0 Å². The first-order valence-corrected chi connectivity index (χ1v) is 14.2. The third-order valence-electron chi connectivity index (χ3n) is 7.99. The van der Waals surface area contributed by atoms with Gasteiger partial charge in [0.25, 0.3) is 0 Å². The van der Waals surface area contributed by atoms with E-state index in [4.69, 9.17) is 20.9 Å². The summed E-state index contributed by atoms with van der Waals surface area (Å²) in [6.07, 6.45) is 0. The first kappa shape index (κ1) is 14.7. The van der Waals surface area contributed by atoms with E-state index < -0.39 is 84.1 Å². The van der Waals surface area contributed by atoms with E-state index in [-0.39, 0.29) is 61.8 Å². The Morgan fingerprint density at radius 3 is 1.67 bits per heavy atom. The Morgan fingerprint density at radius 1 is 0.378 bits per heavy atom. The third kappa shape index (κ3) is 4.09. The van der Waals surface area contributed by atoms with Crippen LogP contribution in [0.5, 0.6) is 0 Å². The van der Waals surface area contributed by atoms with Crippen molar-refractivity contribution in [2.24, 2.45) is 0 Å². The monoisotopic (exact) mass is 587 g/mol. The molecule has 1 heteroatoms. The summed E-state index contributed by atoms with van der Waals surface area (Å²) in [6, 6.07) is 14.6. The lowest BCUT2D eigenvalue weighted by Gasteiger charge is -2.20. The molecule has 1 aromatic heterocycles. The van der Waals surface area contributed by atoms with Gasteiger partial charge >= 0.3 is 0 Å². The summed E-state index contributed by atoms with van der Waals surface area (Å²) in [4.78, 5) is 0. The highest BCUT2D eigenvalue weighted by molar-refractivity contribution is 6.23. The molecule has 0 spiro atoms. The van der Waals surface area contributed by atoms with Gasteiger partial charge in [0.15, 0.2) is 0 Å². The molecule has 0 atom stereocenters. The molecule has 0 amide bonds. The molecule has 210 valence electrons. The van der Waals surface area contributed by atoms with Gasteiger partial charge in [0.1, 0.15) is 11.2 Å². The van der Waals surface area contributed by atoms with Crippen LogP contribution < -0.4 is 0 Å². The molecule has 0 N–H and O–H groups in total. The van der Waals surface area contributed by atoms with Crippen LogP contribution in [-0.2, 0) is 0 Å². The SMILES string of the molecule is [2H]c1c([2H])c([2H])c(-c2c([2H])c([2H])c([2H])c([2H])c2-c2c3ccccc3c(-c3c([2H])c(-c4ccccc4)c4oc5c([2H])c([2H])c([2H])c([2H])c5c4c3[2H])c3ccccc23)c([2H])c1[2H]. The minimum Gasteiger partial charge on any atom is -0.455 e. The molecule has 1 nitrogen and oxygen atoms in total. The number of furan rings is 1. The van der Waals surface area contributed by atoms with Gasteiger partial charge in [0, 0.05) is 16.3 Å². The van der Waals surface area contributed by atoms with Crippen LogP contribution in [0.3, 0.4) is 0 Å². The smallest absolute Gasteiger partial charge is 0.143 e. The average Bonchev–Trinajstić information content (AvgIpc) is 3.66. The minimum atomic E-state index is -0.679. The van der Waals surface area contributed by atoms with Gasteiger partial charge in [0.05, 0.1) is 20.6 Å². The zero-order chi connectivity index (χ0) is 42.8. The fourth-order valence-corrected chi connectivity index (χ4v) is 6.12. The standard InChI is InChI=1S/C44H28O/c1-3-15-29(16-4-1)32-19-7-8-21-34(32)43-37-24-11-9-22-35(37)42(36-23-10-12-25-38(36)43)31-27-39(30-17-5-2-6-18-30)44-40(28-31)33-20-13-14-26-41(33)45-44/h1-28H/i1D,3D,4D,7D,8D,13D,14D,15D,16D,19D,20D,21D,26D,27D,28D. The van der Waals surface area contributed by atoms with Gasteiger partial charge in [-0.05, 0) is 78.6 Å². The summed E-state index contributed by atoms with van der Waals surface area (Å²) in [7, 11) is 0. The van der Waals surface area contributed by atoms with Crippen molar-refractivity contribution in [2.75, 3.05) is 0 Å². The van der Waals surface area contributed by atoms with Gasteiger partial charge in [-0.2, -0.15) is 0 Å². The molecule has 0 aliphatic heterocycles. The molecule has 45 heavy (non-hydrogen) atoms. The highest BCUT2D eigenvalue weighted by Gasteiger charge is 2.21. The maximum absolute atomic E-state index is 9.90. The van der Waals surface area contributed by atoms with Crippen LogP contribution in [0, 0.1) is 0 Å². The molecule has 9 rings (SSSR count). The molecule has 0 radical (unpaired) electrons. The molecule has 0 saturated carbocycles. The second kappa shape index (κ2) is 10.4. The van der Waals surface area contributed by atoms with Gasteiger partial charge in [-0.3, -0.25) is 0 Å². The lowest BCUT2D eigenvalue weighted by Crippen LogP contribution is -1.93. The molecule has 0 saturated heterocycles. The second-order valence-corrected chi connectivity index (χ2v) is 10.5. The first-order chi connectivity index (χ1) is 28.6. The quantitative estimate of drug-likeness (QED) is 0.187. The van der Waals surface area contributed by atoms with E-state index in [0.29, 0.717) is 32.7 Å². The maximum Gasteiger partial charge on any atom is 0.143 e. The maximum atomic E-state index is 9.90. The zero-order valence-electron chi connectivity index (χ0n) is 38.4. The van der Waals surface area contributed by atoms with Crippen molar-refractivity contribution >= 4 is 43.5 Å². The molecule has 0 unspecified atom stereocenters. The summed E-state index contributed by atoms with van der Waals surface area (Å²) in [5, 5.41) is 1.70. The van der Waals surface area contributed by atoms with Crippen LogP contribution in [0.25, 0.3) is 88.0 Å². The summed E-state index contributed by atoms with van der Waals surface area (Å²) in [5.74, 6) is 0. The van der Waals surface area contributed by atoms with Crippen LogP contribution in [0.15, 0.2) is 174 Å². The molecule has 0 aliphatic carbocycles. The topological polar surface area (TPSA) is 13.1 Å². The van der Waals surface area contributed by atoms with Crippen LogP contribution in [0.4, 0.5) is 0 Å². The summed E-state index contributed by atoms with van der Waals surface area (Å²) < 4.78 is 139. The van der Waals surface area contributed by atoms with Crippen molar-refractivity contribution in [1.29, 1.82) is 0 Å². The van der Waals surface area contributed by atoms with E-state index in [1.54, 1.807) is 78.9 Å². The van der Waals surface area contributed by atoms with Crippen molar-refractivity contribution in [2.45, 2.75) is 0 Å². The Hall–Kier alpha value is -5.92. The molecule has 0 fully saturated rings. The summed E-state index contributed by atoms with van der Waals surface area (Å²) in [6.45, 7) is 0. The van der Waals surface area contributed by atoms with Crippen molar-refractivity contribution in [1.82, 2.24) is 0 Å². The fourth-order valence-electron chi connectivity index (χ4n) is 6.12. The van der Waals surface area contributed by atoms with Gasteiger partial charge in [-0.25, -0.2) is 0 Å². The highest BCUT2D eigenvalue weighted by Crippen LogP contribution is 2.48. The summed E-state index contributed by atoms with van der Waals surface area (Å²) in [5.41, 5.74) is 0.538. The second-order valence-electron chi connectivity index (χ2n) is 10.5. The van der Waals surface area contributed by atoms with Crippen molar-refractivity contribution < 1.29 is 25.0 Å². The van der Waals surface area contributed by atoms with E-state index in [9.17, 15) is 4.11 Å². The molecule has 9 aromatic rings. The largest absolute Gasteiger partial charge is 0.455 e. The number of hydrogen-bond donors (Lipinski definition) is 0. The van der Waals surface area contributed by atoms with Gasteiger partial charge in [-0.15, -0.1) is 0 Å². The van der Waals surface area contributed by atoms with Crippen molar-refractivity contribution in [3.63, 3.8) is 0 Å². The Kier molecular flexibility index (Phi) is 3.39. The molecular formula is C44H28O. The molecule has 1 heterocycles. The lowest BCUT2D eigenvalue weighted by molar-refractivity contribution is 0.670. The summed E-state index contributed by atoms with van der Waals surface area (Å²) >= 11 is 0. The number of para-hydroxylation sites is 1. The predicted molar refractivity (Wildman–Crippen MR) is 190 cm³/mol. The number of fused-ring (bicyclic) bond motifs is 5. The Labute approximate surface area is 282 Å². The van der Waals surface area contributed by atoms with Gasteiger partial charge < -0.3 is 4.42 Å². The number of hydrogen-bond acceptors (Lipinski definition) is 1. The van der Waals surface area contributed by atoms with Crippen molar-refractivity contribution in [3.05, 3.63) is 169 Å². The third-order valence-corrected chi connectivity index (χ3v) is 7.99. The van der Waals surface area contributed by atoms with Crippen molar-refractivity contribution in [3.8, 4) is 44.5 Å². The predicted octanol–water partition coefficient (Wildman–Crippen LogP) is 12.6. The minimum absolute atomic E-state index is 0.0202. The Morgan fingerprint density at radius 2 is 0.956 bits per heavy atom. The van der Waals surface area contributed by atoms with Crippen LogP contribution in [0.2, 0.25) is 0 Å². The van der Waals surface area contributed by atoms with E-state index in [1.165, 1.54) is 0 Å².